The van der Waals surface area contributed by atoms with Crippen LogP contribution in [0.1, 0.15) is 15.9 Å². The first kappa shape index (κ1) is 12.4. The predicted octanol–water partition coefficient (Wildman–Crippen LogP) is 1.76. The molecule has 0 aliphatic carbocycles. The lowest BCUT2D eigenvalue weighted by Crippen LogP contribution is -1.94. The summed E-state index contributed by atoms with van der Waals surface area (Å²) in [5.41, 5.74) is 0.717. The van der Waals surface area contributed by atoms with Gasteiger partial charge in [-0.1, -0.05) is 17.7 Å². The average molecular weight is 269 g/mol. The van der Waals surface area contributed by atoms with Crippen LogP contribution >= 0.6 is 23.2 Å². The molecule has 0 unspecified atom stereocenters. The number of carbonyl (C=O) groups excluding carboxylic acids is 1. The summed E-state index contributed by atoms with van der Waals surface area (Å²) in [6, 6.07) is 4.35. The summed E-state index contributed by atoms with van der Waals surface area (Å²) < 4.78 is 24.6. The van der Waals surface area contributed by atoms with E-state index >= 15 is 0 Å². The maximum Gasteiger partial charge on any atom is 0.257 e. The van der Waals surface area contributed by atoms with E-state index in [1.807, 2.05) is 0 Å². The van der Waals surface area contributed by atoms with Gasteiger partial charge in [0.15, 0.2) is 0 Å². The van der Waals surface area contributed by atoms with Crippen LogP contribution in [0.15, 0.2) is 18.2 Å². The zero-order valence-corrected chi connectivity index (χ0v) is 9.68. The lowest BCUT2D eigenvalue weighted by Gasteiger charge is -2.02. The third-order valence-electron chi connectivity index (χ3n) is 1.58. The van der Waals surface area contributed by atoms with Crippen molar-refractivity contribution in [3.05, 3.63) is 34.3 Å². The monoisotopic (exact) mass is 268 g/mol. The molecule has 0 N–H and O–H groups in total. The molecular weight excluding hydrogens is 263 g/mol. The van der Waals surface area contributed by atoms with Crippen LogP contribution in [-0.4, -0.2) is 13.7 Å². The van der Waals surface area contributed by atoms with Crippen LogP contribution in [0.25, 0.3) is 0 Å². The van der Waals surface area contributed by atoms with E-state index in [0.29, 0.717) is 5.56 Å². The van der Waals surface area contributed by atoms with Crippen molar-refractivity contribution in [2.75, 3.05) is 0 Å². The Morgan fingerprint density at radius 2 is 2.07 bits per heavy atom. The molecule has 0 fully saturated rings. The predicted molar refractivity (Wildman–Crippen MR) is 56.7 cm³/mol. The van der Waals surface area contributed by atoms with Crippen molar-refractivity contribution in [2.45, 2.75) is 6.61 Å². The van der Waals surface area contributed by atoms with Gasteiger partial charge in [0.25, 0.3) is 16.2 Å². The van der Waals surface area contributed by atoms with E-state index in [4.69, 9.17) is 23.2 Å². The van der Waals surface area contributed by atoms with Gasteiger partial charge in [-0.15, -0.1) is 0 Å². The summed E-state index contributed by atoms with van der Waals surface area (Å²) in [5.74, 6) is 0. The minimum Gasteiger partial charge on any atom is -0.276 e. The van der Waals surface area contributed by atoms with Crippen LogP contribution in [0.2, 0.25) is 5.02 Å². The molecule has 0 heterocycles. The molecule has 1 aromatic carbocycles. The molecule has 15 heavy (non-hydrogen) atoms. The molecule has 1 rings (SSSR count). The standard InChI is InChI=1S/C8H6Cl2O4S/c9-7-3-5(4-14-15(12)13)1-2-6(7)8(10)11/h1-3,15H,4H2. The van der Waals surface area contributed by atoms with Gasteiger partial charge in [-0.3, -0.25) is 8.98 Å². The van der Waals surface area contributed by atoms with Gasteiger partial charge in [0.1, 0.15) is 0 Å². The Morgan fingerprint density at radius 3 is 2.53 bits per heavy atom. The molecule has 0 amide bonds. The summed E-state index contributed by atoms with van der Waals surface area (Å²) in [4.78, 5) is 10.8. The zero-order chi connectivity index (χ0) is 11.4. The van der Waals surface area contributed by atoms with E-state index in [1.165, 1.54) is 18.2 Å². The molecule has 0 aliphatic rings. The topological polar surface area (TPSA) is 60.4 Å². The zero-order valence-electron chi connectivity index (χ0n) is 7.28. The van der Waals surface area contributed by atoms with Crippen molar-refractivity contribution in [2.24, 2.45) is 0 Å². The number of carbonyl (C=O) groups is 1. The molecule has 0 spiro atoms. The quantitative estimate of drug-likeness (QED) is 0.668. The normalized spacial score (nSPS) is 10.6. The second-order valence-corrected chi connectivity index (χ2v) is 4.04. The van der Waals surface area contributed by atoms with Crippen molar-refractivity contribution in [1.29, 1.82) is 0 Å². The Kier molecular flexibility index (Phi) is 4.53. The van der Waals surface area contributed by atoms with Gasteiger partial charge in [0, 0.05) is 0 Å². The van der Waals surface area contributed by atoms with Crippen molar-refractivity contribution < 1.29 is 17.4 Å². The lowest BCUT2D eigenvalue weighted by molar-refractivity contribution is 0.108. The van der Waals surface area contributed by atoms with E-state index in [9.17, 15) is 13.2 Å². The van der Waals surface area contributed by atoms with Crippen LogP contribution in [0.4, 0.5) is 0 Å². The first-order valence-corrected chi connectivity index (χ1v) is 5.61. The molecule has 0 saturated heterocycles. The second kappa shape index (κ2) is 5.46. The van der Waals surface area contributed by atoms with Crippen LogP contribution < -0.4 is 0 Å². The highest BCUT2D eigenvalue weighted by atomic mass is 35.5. The fourth-order valence-electron chi connectivity index (χ4n) is 0.935. The number of rotatable bonds is 4. The van der Waals surface area contributed by atoms with E-state index in [-0.39, 0.29) is 17.2 Å². The van der Waals surface area contributed by atoms with Crippen LogP contribution in [0.5, 0.6) is 0 Å². The summed E-state index contributed by atoms with van der Waals surface area (Å²) in [7, 11) is -2.89. The summed E-state index contributed by atoms with van der Waals surface area (Å²) >= 11 is 11.0. The van der Waals surface area contributed by atoms with Crippen molar-refractivity contribution in [3.8, 4) is 0 Å². The molecule has 0 aliphatic heterocycles. The molecule has 0 saturated carbocycles. The molecule has 82 valence electrons. The van der Waals surface area contributed by atoms with Gasteiger partial charge in [-0.25, -0.2) is 8.42 Å². The molecule has 0 radical (unpaired) electrons. The molecule has 0 atom stereocenters. The first-order valence-electron chi connectivity index (χ1n) is 3.76. The van der Waals surface area contributed by atoms with Gasteiger partial charge in [0.05, 0.1) is 17.2 Å². The van der Waals surface area contributed by atoms with Gasteiger partial charge >= 0.3 is 0 Å². The number of hydrogen-bond acceptors (Lipinski definition) is 4. The molecule has 7 heteroatoms. The van der Waals surface area contributed by atoms with E-state index in [0.717, 1.165) is 0 Å². The Balaban J connectivity index is 2.86. The van der Waals surface area contributed by atoms with Crippen LogP contribution in [0, 0.1) is 0 Å². The number of thiol groups is 1. The molecule has 0 bridgehead atoms. The SMILES string of the molecule is O=C(Cl)c1ccc(CO[SH](=O)=O)cc1Cl. The van der Waals surface area contributed by atoms with E-state index in [2.05, 4.69) is 4.18 Å². The van der Waals surface area contributed by atoms with Crippen molar-refractivity contribution >= 4 is 39.4 Å². The molecule has 1 aromatic rings. The summed E-state index contributed by atoms with van der Waals surface area (Å²) in [6.45, 7) is -0.116. The highest BCUT2D eigenvalue weighted by Gasteiger charge is 2.07. The Labute approximate surface area is 97.9 Å². The minimum atomic E-state index is -2.89. The second-order valence-electron chi connectivity index (χ2n) is 2.58. The molecule has 0 aromatic heterocycles. The Hall–Kier alpha value is -0.620. The average Bonchev–Trinajstić information content (AvgIpc) is 2.14. The summed E-state index contributed by atoms with van der Waals surface area (Å²) in [5, 5.41) is -0.500. The Morgan fingerprint density at radius 1 is 1.40 bits per heavy atom. The number of hydrogen-bond donors (Lipinski definition) is 1. The fourth-order valence-corrected chi connectivity index (χ4v) is 1.69. The fraction of sp³-hybridized carbons (Fsp3) is 0.125. The van der Waals surface area contributed by atoms with Gasteiger partial charge < -0.3 is 0 Å². The van der Waals surface area contributed by atoms with E-state index < -0.39 is 16.2 Å². The van der Waals surface area contributed by atoms with Crippen LogP contribution in [-0.2, 0) is 21.8 Å². The van der Waals surface area contributed by atoms with Crippen LogP contribution in [0.3, 0.4) is 0 Å². The molecule has 4 nitrogen and oxygen atoms in total. The first-order chi connectivity index (χ1) is 7.00. The van der Waals surface area contributed by atoms with Gasteiger partial charge in [0.2, 0.25) is 0 Å². The Bertz CT molecular complexity index is 448. The summed E-state index contributed by atoms with van der Waals surface area (Å²) in [6.07, 6.45) is 0. The highest BCUT2D eigenvalue weighted by Crippen LogP contribution is 2.20. The van der Waals surface area contributed by atoms with Crippen molar-refractivity contribution in [1.82, 2.24) is 0 Å². The minimum absolute atomic E-state index is 0.116. The van der Waals surface area contributed by atoms with Gasteiger partial charge in [-0.2, -0.15) is 0 Å². The van der Waals surface area contributed by atoms with E-state index in [1.54, 1.807) is 0 Å². The maximum absolute atomic E-state index is 10.8. The van der Waals surface area contributed by atoms with Crippen molar-refractivity contribution in [3.63, 3.8) is 0 Å². The maximum atomic E-state index is 10.8. The van der Waals surface area contributed by atoms with Gasteiger partial charge in [-0.05, 0) is 29.3 Å². The third kappa shape index (κ3) is 3.79. The number of halogens is 2. The largest absolute Gasteiger partial charge is 0.276 e. The lowest BCUT2D eigenvalue weighted by atomic mass is 10.1. The highest BCUT2D eigenvalue weighted by molar-refractivity contribution is 7.67. The third-order valence-corrected chi connectivity index (χ3v) is 2.44. The smallest absolute Gasteiger partial charge is 0.257 e. The number of benzene rings is 1. The molecular formula is C8H6Cl2O4S.